The van der Waals surface area contributed by atoms with Crippen LogP contribution in [0.4, 0.5) is 23.2 Å². The van der Waals surface area contributed by atoms with Crippen molar-refractivity contribution in [2.75, 3.05) is 5.73 Å². The third-order valence-electron chi connectivity index (χ3n) is 2.65. The minimum absolute atomic E-state index is 0.0773. The van der Waals surface area contributed by atoms with E-state index in [1.165, 1.54) is 7.05 Å². The molecule has 0 atom stereocenters. The Bertz CT molecular complexity index is 605. The highest BCUT2D eigenvalue weighted by atomic mass is 19.3. The summed E-state index contributed by atoms with van der Waals surface area (Å²) in [6, 6.07) is 2.81. The summed E-state index contributed by atoms with van der Waals surface area (Å²) in [5.74, 6) is -5.03. The number of aryl methyl sites for hydroxylation is 1. The number of alkyl halides is 2. The molecule has 0 fully saturated rings. The fourth-order valence-electron chi connectivity index (χ4n) is 1.75. The molecular formula is C12H11F4N3. The third kappa shape index (κ3) is 2.40. The maximum Gasteiger partial charge on any atom is 0.288 e. The van der Waals surface area contributed by atoms with Crippen molar-refractivity contribution in [3.63, 3.8) is 0 Å². The van der Waals surface area contributed by atoms with Crippen molar-refractivity contribution < 1.29 is 17.6 Å². The summed E-state index contributed by atoms with van der Waals surface area (Å²) in [5, 5.41) is 3.57. The lowest BCUT2D eigenvalue weighted by Gasteiger charge is -2.06. The second-order valence-corrected chi connectivity index (χ2v) is 4.29. The zero-order valence-electron chi connectivity index (χ0n) is 10.2. The number of nitrogens with zero attached hydrogens (tertiary/aromatic N) is 2. The summed E-state index contributed by atoms with van der Waals surface area (Å²) < 4.78 is 54.8. The van der Waals surface area contributed by atoms with Gasteiger partial charge in [-0.3, -0.25) is 4.68 Å². The first kappa shape index (κ1) is 13.4. The molecular weight excluding hydrogens is 262 g/mol. The highest BCUT2D eigenvalue weighted by Crippen LogP contribution is 2.32. The van der Waals surface area contributed by atoms with Crippen LogP contribution in [0, 0.1) is 11.6 Å². The first-order valence-electron chi connectivity index (χ1n) is 5.37. The van der Waals surface area contributed by atoms with Crippen LogP contribution in [0.25, 0.3) is 11.3 Å². The second-order valence-electron chi connectivity index (χ2n) is 4.29. The number of aromatic nitrogens is 2. The average Bonchev–Trinajstić information content (AvgIpc) is 2.59. The van der Waals surface area contributed by atoms with Gasteiger partial charge in [0, 0.05) is 19.7 Å². The van der Waals surface area contributed by atoms with Crippen molar-refractivity contribution in [1.82, 2.24) is 9.78 Å². The molecule has 19 heavy (non-hydrogen) atoms. The lowest BCUT2D eigenvalue weighted by Crippen LogP contribution is -2.08. The van der Waals surface area contributed by atoms with Gasteiger partial charge in [0.2, 0.25) is 0 Å². The molecule has 102 valence electrons. The topological polar surface area (TPSA) is 43.8 Å². The summed E-state index contributed by atoms with van der Waals surface area (Å²) in [6.07, 6.45) is 0. The van der Waals surface area contributed by atoms with Crippen molar-refractivity contribution in [3.8, 4) is 11.3 Å². The van der Waals surface area contributed by atoms with E-state index in [1.54, 1.807) is 0 Å². The number of hydrogen-bond acceptors (Lipinski definition) is 2. The Kier molecular flexibility index (Phi) is 3.00. The average molecular weight is 273 g/mol. The van der Waals surface area contributed by atoms with Gasteiger partial charge in [-0.1, -0.05) is 0 Å². The summed E-state index contributed by atoms with van der Waals surface area (Å²) in [7, 11) is 1.33. The standard InChI is InChI=1S/C12H11F4N3/c1-12(15,16)10-5-9(19(2)18-10)11-7(13)3-6(17)4-8(11)14/h3-5H,17H2,1-2H3. The van der Waals surface area contributed by atoms with Gasteiger partial charge in [0.15, 0.2) is 0 Å². The minimum atomic E-state index is -3.18. The molecule has 0 saturated heterocycles. The Hall–Kier alpha value is -2.05. The molecule has 2 N–H and O–H groups in total. The van der Waals surface area contributed by atoms with Crippen molar-refractivity contribution in [2.45, 2.75) is 12.8 Å². The van der Waals surface area contributed by atoms with Gasteiger partial charge in [0.25, 0.3) is 5.92 Å². The molecule has 0 aliphatic heterocycles. The summed E-state index contributed by atoms with van der Waals surface area (Å²) in [5.41, 5.74) is 4.15. The van der Waals surface area contributed by atoms with Gasteiger partial charge in [-0.05, 0) is 18.2 Å². The van der Waals surface area contributed by atoms with E-state index < -0.39 is 28.8 Å². The highest BCUT2D eigenvalue weighted by Gasteiger charge is 2.30. The summed E-state index contributed by atoms with van der Waals surface area (Å²) in [6.45, 7) is 0.662. The number of nitrogen functional groups attached to an aromatic ring is 1. The van der Waals surface area contributed by atoms with E-state index in [0.29, 0.717) is 6.92 Å². The molecule has 0 aliphatic rings. The largest absolute Gasteiger partial charge is 0.399 e. The van der Waals surface area contributed by atoms with E-state index in [9.17, 15) is 17.6 Å². The van der Waals surface area contributed by atoms with E-state index in [2.05, 4.69) is 5.10 Å². The van der Waals surface area contributed by atoms with E-state index >= 15 is 0 Å². The molecule has 0 radical (unpaired) electrons. The van der Waals surface area contributed by atoms with E-state index in [-0.39, 0.29) is 11.4 Å². The molecule has 0 bridgehead atoms. The smallest absolute Gasteiger partial charge is 0.288 e. The van der Waals surface area contributed by atoms with Crippen LogP contribution in [-0.4, -0.2) is 9.78 Å². The van der Waals surface area contributed by atoms with Gasteiger partial charge < -0.3 is 5.73 Å². The SMILES string of the molecule is Cn1nc(C(C)(F)F)cc1-c1c(F)cc(N)cc1F. The van der Waals surface area contributed by atoms with Gasteiger partial charge in [-0.25, -0.2) is 8.78 Å². The molecule has 1 aromatic carbocycles. The van der Waals surface area contributed by atoms with Gasteiger partial charge in [0.1, 0.15) is 17.3 Å². The van der Waals surface area contributed by atoms with Gasteiger partial charge in [-0.15, -0.1) is 0 Å². The van der Waals surface area contributed by atoms with Crippen molar-refractivity contribution >= 4 is 5.69 Å². The first-order chi connectivity index (χ1) is 8.70. The number of rotatable bonds is 2. The van der Waals surface area contributed by atoms with Gasteiger partial charge >= 0.3 is 0 Å². The van der Waals surface area contributed by atoms with E-state index in [4.69, 9.17) is 5.73 Å². The van der Waals surface area contributed by atoms with Crippen molar-refractivity contribution in [1.29, 1.82) is 0 Å². The molecule has 0 aliphatic carbocycles. The van der Waals surface area contributed by atoms with Crippen LogP contribution < -0.4 is 5.73 Å². The molecule has 0 amide bonds. The molecule has 0 unspecified atom stereocenters. The second kappa shape index (κ2) is 4.25. The Morgan fingerprint density at radius 1 is 1.16 bits per heavy atom. The fraction of sp³-hybridized carbons (Fsp3) is 0.250. The Morgan fingerprint density at radius 3 is 2.11 bits per heavy atom. The number of hydrogen-bond donors (Lipinski definition) is 1. The number of benzene rings is 1. The maximum absolute atomic E-state index is 13.7. The predicted octanol–water partition coefficient (Wildman–Crippen LogP) is 3.06. The lowest BCUT2D eigenvalue weighted by molar-refractivity contribution is 0.0122. The predicted molar refractivity (Wildman–Crippen MR) is 62.5 cm³/mol. The van der Waals surface area contributed by atoms with E-state index in [0.717, 1.165) is 22.9 Å². The molecule has 3 nitrogen and oxygen atoms in total. The van der Waals surface area contributed by atoms with Crippen LogP contribution >= 0.6 is 0 Å². The minimum Gasteiger partial charge on any atom is -0.399 e. The number of halogens is 4. The van der Waals surface area contributed by atoms with Crippen LogP contribution in [0.5, 0.6) is 0 Å². The fourth-order valence-corrected chi connectivity index (χ4v) is 1.75. The number of nitrogens with two attached hydrogens (primary N) is 1. The van der Waals surface area contributed by atoms with Gasteiger partial charge in [-0.2, -0.15) is 13.9 Å². The first-order valence-corrected chi connectivity index (χ1v) is 5.37. The monoisotopic (exact) mass is 273 g/mol. The summed E-state index contributed by atoms with van der Waals surface area (Å²) in [4.78, 5) is 0. The van der Waals surface area contributed by atoms with Crippen LogP contribution in [0.3, 0.4) is 0 Å². The Morgan fingerprint density at radius 2 is 1.68 bits per heavy atom. The zero-order chi connectivity index (χ0) is 14.4. The molecule has 2 rings (SSSR count). The molecule has 1 heterocycles. The highest BCUT2D eigenvalue weighted by molar-refractivity contribution is 5.64. The van der Waals surface area contributed by atoms with Crippen molar-refractivity contribution in [3.05, 3.63) is 35.5 Å². The molecule has 0 spiro atoms. The van der Waals surface area contributed by atoms with Crippen LogP contribution in [-0.2, 0) is 13.0 Å². The number of anilines is 1. The Balaban J connectivity index is 2.64. The van der Waals surface area contributed by atoms with Crippen LogP contribution in [0.2, 0.25) is 0 Å². The molecule has 0 saturated carbocycles. The Labute approximate surface area is 106 Å². The summed E-state index contributed by atoms with van der Waals surface area (Å²) >= 11 is 0. The normalized spacial score (nSPS) is 11.9. The molecule has 1 aromatic heterocycles. The van der Waals surface area contributed by atoms with Crippen LogP contribution in [0.1, 0.15) is 12.6 Å². The zero-order valence-corrected chi connectivity index (χ0v) is 10.2. The van der Waals surface area contributed by atoms with Gasteiger partial charge in [0.05, 0.1) is 11.3 Å². The van der Waals surface area contributed by atoms with Crippen molar-refractivity contribution in [2.24, 2.45) is 7.05 Å². The van der Waals surface area contributed by atoms with Crippen LogP contribution in [0.15, 0.2) is 18.2 Å². The quantitative estimate of drug-likeness (QED) is 0.675. The third-order valence-corrected chi connectivity index (χ3v) is 2.65. The molecule has 2 aromatic rings. The molecule has 7 heteroatoms. The maximum atomic E-state index is 13.7. The lowest BCUT2D eigenvalue weighted by atomic mass is 10.1. The van der Waals surface area contributed by atoms with E-state index in [1.807, 2.05) is 0 Å².